The van der Waals surface area contributed by atoms with Crippen molar-refractivity contribution in [3.63, 3.8) is 0 Å². The van der Waals surface area contributed by atoms with Gasteiger partial charge < -0.3 is 15.0 Å². The van der Waals surface area contributed by atoms with E-state index in [1.807, 2.05) is 0 Å². The van der Waals surface area contributed by atoms with Gasteiger partial charge in [-0.15, -0.1) is 0 Å². The second kappa shape index (κ2) is 5.22. The topological polar surface area (TPSA) is 99.2 Å². The zero-order chi connectivity index (χ0) is 14.9. The highest BCUT2D eigenvalue weighted by atomic mass is 35.5. The van der Waals surface area contributed by atoms with Crippen molar-refractivity contribution in [2.75, 3.05) is 17.6 Å². The van der Waals surface area contributed by atoms with Crippen LogP contribution in [0.5, 0.6) is 5.75 Å². The van der Waals surface area contributed by atoms with Gasteiger partial charge in [-0.05, 0) is 18.2 Å². The van der Waals surface area contributed by atoms with E-state index in [4.69, 9.17) is 22.1 Å². The molecule has 2 rings (SSSR count). The Hall–Kier alpha value is -1.93. The Morgan fingerprint density at radius 1 is 1.45 bits per heavy atom. The largest absolute Gasteiger partial charge is 0.495 e. The first-order valence-electron chi connectivity index (χ1n) is 5.48. The van der Waals surface area contributed by atoms with Crippen LogP contribution >= 0.6 is 11.6 Å². The average molecular weight is 317 g/mol. The van der Waals surface area contributed by atoms with Crippen molar-refractivity contribution < 1.29 is 13.2 Å². The highest BCUT2D eigenvalue weighted by Gasteiger charge is 2.23. The number of halogens is 1. The van der Waals surface area contributed by atoms with Gasteiger partial charge in [-0.1, -0.05) is 11.6 Å². The number of sulfonamides is 1. The molecule has 3 N–H and O–H groups in total. The van der Waals surface area contributed by atoms with Crippen LogP contribution in [-0.4, -0.2) is 25.1 Å². The van der Waals surface area contributed by atoms with E-state index >= 15 is 0 Å². The first-order chi connectivity index (χ1) is 9.35. The Labute approximate surface area is 121 Å². The lowest BCUT2D eigenvalue weighted by molar-refractivity contribution is 0.417. The third-order valence-electron chi connectivity index (χ3n) is 2.57. The number of ether oxygens (including phenoxy) is 1. The number of anilines is 2. The van der Waals surface area contributed by atoms with E-state index in [-0.39, 0.29) is 16.5 Å². The number of aromatic nitrogens is 2. The molecule has 20 heavy (non-hydrogen) atoms. The zero-order valence-corrected chi connectivity index (χ0v) is 12.4. The summed E-state index contributed by atoms with van der Waals surface area (Å²) in [7, 11) is -0.929. The van der Waals surface area contributed by atoms with E-state index in [9.17, 15) is 8.42 Å². The van der Waals surface area contributed by atoms with Crippen molar-refractivity contribution in [2.24, 2.45) is 7.05 Å². The van der Waals surface area contributed by atoms with Gasteiger partial charge in [-0.25, -0.2) is 4.98 Å². The van der Waals surface area contributed by atoms with E-state index in [1.54, 1.807) is 12.1 Å². The summed E-state index contributed by atoms with van der Waals surface area (Å²) in [6.07, 6.45) is 1.32. The van der Waals surface area contributed by atoms with Gasteiger partial charge >= 0.3 is 0 Å². The fourth-order valence-electron chi connectivity index (χ4n) is 1.72. The summed E-state index contributed by atoms with van der Waals surface area (Å²) in [6.45, 7) is 0. The molecule has 7 nitrogen and oxygen atoms in total. The number of nitrogens with one attached hydrogen (secondary N) is 1. The summed E-state index contributed by atoms with van der Waals surface area (Å²) >= 11 is 5.86. The second-order valence-electron chi connectivity index (χ2n) is 4.00. The summed E-state index contributed by atoms with van der Waals surface area (Å²) in [6, 6.07) is 4.61. The van der Waals surface area contributed by atoms with Crippen LogP contribution in [0.3, 0.4) is 0 Å². The van der Waals surface area contributed by atoms with E-state index in [2.05, 4.69) is 9.71 Å². The maximum Gasteiger partial charge on any atom is 0.281 e. The normalized spacial score (nSPS) is 11.3. The zero-order valence-electron chi connectivity index (χ0n) is 10.8. The number of rotatable bonds is 4. The lowest BCUT2D eigenvalue weighted by Gasteiger charge is -2.12. The van der Waals surface area contributed by atoms with Crippen LogP contribution in [0.4, 0.5) is 11.5 Å². The smallest absolute Gasteiger partial charge is 0.281 e. The van der Waals surface area contributed by atoms with E-state index in [0.29, 0.717) is 10.8 Å². The summed E-state index contributed by atoms with van der Waals surface area (Å²) in [4.78, 5) is 3.75. The summed E-state index contributed by atoms with van der Waals surface area (Å²) in [5.74, 6) is 0.264. The first-order valence-corrected chi connectivity index (χ1v) is 7.34. The summed E-state index contributed by atoms with van der Waals surface area (Å²) in [5, 5.41) is 0.251. The van der Waals surface area contributed by atoms with Gasteiger partial charge in [0.25, 0.3) is 10.0 Å². The molecule has 1 heterocycles. The monoisotopic (exact) mass is 316 g/mol. The van der Waals surface area contributed by atoms with Crippen LogP contribution in [0.1, 0.15) is 0 Å². The lowest BCUT2D eigenvalue weighted by Crippen LogP contribution is -2.18. The maximum atomic E-state index is 12.3. The molecule has 0 aliphatic rings. The highest BCUT2D eigenvalue weighted by molar-refractivity contribution is 7.92. The summed E-state index contributed by atoms with van der Waals surface area (Å²) in [5.41, 5.74) is 5.80. The predicted molar refractivity (Wildman–Crippen MR) is 76.4 cm³/mol. The Kier molecular flexibility index (Phi) is 3.78. The van der Waals surface area contributed by atoms with Crippen molar-refractivity contribution in [3.05, 3.63) is 29.5 Å². The van der Waals surface area contributed by atoms with Gasteiger partial charge in [0.05, 0.1) is 19.1 Å². The molecule has 1 aromatic carbocycles. The van der Waals surface area contributed by atoms with Gasteiger partial charge in [0.1, 0.15) is 5.75 Å². The Balaban J connectivity index is 2.46. The number of benzene rings is 1. The molecule has 108 valence electrons. The van der Waals surface area contributed by atoms with Crippen molar-refractivity contribution >= 4 is 33.1 Å². The van der Waals surface area contributed by atoms with Crippen molar-refractivity contribution in [2.45, 2.75) is 5.03 Å². The number of aryl methyl sites for hydroxylation is 1. The minimum absolute atomic E-state index is 0.0824. The predicted octanol–water partition coefficient (Wildman–Crippen LogP) is 1.47. The Morgan fingerprint density at radius 2 is 2.15 bits per heavy atom. The standard InChI is InChI=1S/C11H13ClN4O3S/c1-16-6-14-10(13)11(16)20(17,18)15-8-5-7(12)3-4-9(8)19-2/h3-6,15H,13H2,1-2H3. The maximum absolute atomic E-state index is 12.3. The molecule has 1 aromatic heterocycles. The van der Waals surface area contributed by atoms with Crippen LogP contribution in [0.25, 0.3) is 0 Å². The number of hydrogen-bond donors (Lipinski definition) is 2. The molecular weight excluding hydrogens is 304 g/mol. The van der Waals surface area contributed by atoms with E-state index in [1.165, 1.54) is 31.1 Å². The Morgan fingerprint density at radius 3 is 2.70 bits per heavy atom. The molecule has 0 aliphatic heterocycles. The molecule has 0 aliphatic carbocycles. The lowest BCUT2D eigenvalue weighted by atomic mass is 10.3. The number of hydrogen-bond acceptors (Lipinski definition) is 5. The molecule has 0 saturated heterocycles. The van der Waals surface area contributed by atoms with Crippen LogP contribution in [0.15, 0.2) is 29.6 Å². The fraction of sp³-hybridized carbons (Fsp3) is 0.182. The highest BCUT2D eigenvalue weighted by Crippen LogP contribution is 2.30. The SMILES string of the molecule is COc1ccc(Cl)cc1NS(=O)(=O)c1c(N)ncn1C. The molecule has 0 radical (unpaired) electrons. The van der Waals surface area contributed by atoms with Gasteiger partial charge in [0, 0.05) is 12.1 Å². The number of nitrogens with two attached hydrogens (primary N) is 1. The minimum atomic E-state index is -3.89. The molecule has 0 atom stereocenters. The molecule has 0 bridgehead atoms. The molecule has 0 saturated carbocycles. The van der Waals surface area contributed by atoms with Gasteiger partial charge in [-0.3, -0.25) is 4.72 Å². The number of methoxy groups -OCH3 is 1. The van der Waals surface area contributed by atoms with Crippen molar-refractivity contribution in [1.82, 2.24) is 9.55 Å². The van der Waals surface area contributed by atoms with E-state index < -0.39 is 10.0 Å². The molecule has 0 fully saturated rings. The second-order valence-corrected chi connectivity index (χ2v) is 6.03. The van der Waals surface area contributed by atoms with Gasteiger partial charge in [0.15, 0.2) is 10.8 Å². The van der Waals surface area contributed by atoms with Crippen molar-refractivity contribution in [1.29, 1.82) is 0 Å². The first kappa shape index (κ1) is 14.5. The number of imidazole rings is 1. The fourth-order valence-corrected chi connectivity index (χ4v) is 3.19. The van der Waals surface area contributed by atoms with Crippen LogP contribution in [0.2, 0.25) is 5.02 Å². The summed E-state index contributed by atoms with van der Waals surface area (Å²) < 4.78 is 33.5. The van der Waals surface area contributed by atoms with Crippen molar-refractivity contribution in [3.8, 4) is 5.75 Å². The molecular formula is C11H13ClN4O3S. The average Bonchev–Trinajstić information content (AvgIpc) is 2.69. The number of nitrogens with zero attached hydrogens (tertiary/aromatic N) is 2. The molecule has 0 amide bonds. The number of nitrogen functional groups attached to an aromatic ring is 1. The van der Waals surface area contributed by atoms with Crippen LogP contribution < -0.4 is 15.2 Å². The molecule has 0 spiro atoms. The van der Waals surface area contributed by atoms with Gasteiger partial charge in [-0.2, -0.15) is 8.42 Å². The Bertz CT molecular complexity index is 723. The quantitative estimate of drug-likeness (QED) is 0.889. The van der Waals surface area contributed by atoms with Crippen LogP contribution in [-0.2, 0) is 17.1 Å². The minimum Gasteiger partial charge on any atom is -0.495 e. The van der Waals surface area contributed by atoms with E-state index in [0.717, 1.165) is 0 Å². The molecule has 2 aromatic rings. The third-order valence-corrected chi connectivity index (χ3v) is 4.30. The third kappa shape index (κ3) is 2.66. The van der Waals surface area contributed by atoms with Gasteiger partial charge in [0.2, 0.25) is 0 Å². The molecule has 9 heteroatoms. The van der Waals surface area contributed by atoms with Crippen LogP contribution in [0, 0.1) is 0 Å². The molecule has 0 unspecified atom stereocenters.